The fourth-order valence-electron chi connectivity index (χ4n) is 4.20. The van der Waals surface area contributed by atoms with E-state index in [0.29, 0.717) is 42.0 Å². The molecule has 1 saturated heterocycles. The highest BCUT2D eigenvalue weighted by molar-refractivity contribution is 5.87. The fraction of sp³-hybridized carbons (Fsp3) is 0.800. The second-order valence-corrected chi connectivity index (χ2v) is 6.23. The van der Waals surface area contributed by atoms with Gasteiger partial charge in [-0.3, -0.25) is 0 Å². The molecular formula is C15H22O4. The second-order valence-electron chi connectivity index (χ2n) is 6.23. The zero-order valence-electron chi connectivity index (χ0n) is 11.4. The van der Waals surface area contributed by atoms with E-state index in [1.165, 1.54) is 0 Å². The predicted molar refractivity (Wildman–Crippen MR) is 69.4 cm³/mol. The summed E-state index contributed by atoms with van der Waals surface area (Å²) < 4.78 is 11.6. The summed E-state index contributed by atoms with van der Waals surface area (Å²) in [5.74, 6) is 1.25. The summed E-state index contributed by atoms with van der Waals surface area (Å²) in [6, 6.07) is 0. The van der Waals surface area contributed by atoms with Gasteiger partial charge in [-0.2, -0.15) is 0 Å². The third-order valence-corrected chi connectivity index (χ3v) is 4.98. The summed E-state index contributed by atoms with van der Waals surface area (Å²) in [5.41, 5.74) is 0.373. The van der Waals surface area contributed by atoms with Crippen LogP contribution in [0.25, 0.3) is 0 Å². The largest absolute Gasteiger partial charge is 0.459 e. The van der Waals surface area contributed by atoms with Gasteiger partial charge < -0.3 is 14.6 Å². The molecule has 0 aromatic rings. The van der Waals surface area contributed by atoms with Crippen molar-refractivity contribution in [1.82, 2.24) is 0 Å². The Balaban J connectivity index is 1.60. The van der Waals surface area contributed by atoms with Crippen molar-refractivity contribution >= 4 is 5.97 Å². The molecule has 1 aliphatic heterocycles. The van der Waals surface area contributed by atoms with Crippen LogP contribution >= 0.6 is 0 Å². The lowest BCUT2D eigenvalue weighted by Gasteiger charge is -2.30. The zero-order valence-corrected chi connectivity index (χ0v) is 11.4. The zero-order chi connectivity index (χ0) is 13.6. The number of rotatable bonds is 4. The SMILES string of the molecule is C=C(CCO)C(=O)OC1CC2CC1C1CC(C)OC21. The highest BCUT2D eigenvalue weighted by Crippen LogP contribution is 2.55. The first-order valence-electron chi connectivity index (χ1n) is 7.25. The van der Waals surface area contributed by atoms with Crippen LogP contribution in [0.5, 0.6) is 0 Å². The number of aliphatic hydroxyl groups excluding tert-OH is 1. The maximum atomic E-state index is 11.9. The highest BCUT2D eigenvalue weighted by atomic mass is 16.5. The fourth-order valence-corrected chi connectivity index (χ4v) is 4.20. The standard InChI is InChI=1S/C15H22O4/c1-8(3-4-16)15(17)19-13-7-10-6-11(13)12-5-9(2)18-14(10)12/h9-14,16H,1,3-7H2,2H3. The molecule has 2 saturated carbocycles. The molecular weight excluding hydrogens is 244 g/mol. The number of hydrogen-bond donors (Lipinski definition) is 1. The Morgan fingerprint density at radius 1 is 1.37 bits per heavy atom. The molecule has 1 N–H and O–H groups in total. The van der Waals surface area contributed by atoms with Gasteiger partial charge in [0.1, 0.15) is 6.10 Å². The Labute approximate surface area is 113 Å². The lowest BCUT2D eigenvalue weighted by Crippen LogP contribution is -2.35. The van der Waals surface area contributed by atoms with Gasteiger partial charge in [0.25, 0.3) is 0 Å². The molecule has 6 atom stereocenters. The number of hydrogen-bond acceptors (Lipinski definition) is 4. The first-order chi connectivity index (χ1) is 9.10. The first kappa shape index (κ1) is 13.1. The van der Waals surface area contributed by atoms with Gasteiger partial charge in [-0.05, 0) is 38.0 Å². The molecule has 1 heterocycles. The van der Waals surface area contributed by atoms with E-state index in [4.69, 9.17) is 14.6 Å². The van der Waals surface area contributed by atoms with Crippen LogP contribution in [0.15, 0.2) is 12.2 Å². The van der Waals surface area contributed by atoms with Gasteiger partial charge in [0, 0.05) is 24.5 Å². The Kier molecular flexibility index (Phi) is 3.39. The smallest absolute Gasteiger partial charge is 0.333 e. The Morgan fingerprint density at radius 3 is 2.89 bits per heavy atom. The predicted octanol–water partition coefficient (Wildman–Crippen LogP) is 1.67. The van der Waals surface area contributed by atoms with Crippen LogP contribution in [-0.4, -0.2) is 36.0 Å². The van der Waals surface area contributed by atoms with Crippen molar-refractivity contribution in [1.29, 1.82) is 0 Å². The van der Waals surface area contributed by atoms with Crippen molar-refractivity contribution < 1.29 is 19.4 Å². The number of fused-ring (bicyclic) bond motifs is 5. The summed E-state index contributed by atoms with van der Waals surface area (Å²) in [6.07, 6.45) is 4.23. The number of carbonyl (C=O) groups excluding carboxylic acids is 1. The molecule has 0 aromatic heterocycles. The maximum Gasteiger partial charge on any atom is 0.333 e. The third-order valence-electron chi connectivity index (χ3n) is 4.98. The van der Waals surface area contributed by atoms with Crippen LogP contribution in [0.4, 0.5) is 0 Å². The average Bonchev–Trinajstić information content (AvgIpc) is 2.99. The second kappa shape index (κ2) is 4.91. The molecule has 0 aromatic carbocycles. The van der Waals surface area contributed by atoms with Crippen LogP contribution in [-0.2, 0) is 14.3 Å². The highest BCUT2D eigenvalue weighted by Gasteiger charge is 2.57. The van der Waals surface area contributed by atoms with Gasteiger partial charge in [0.05, 0.1) is 12.2 Å². The average molecular weight is 266 g/mol. The molecule has 3 aliphatic rings. The van der Waals surface area contributed by atoms with Gasteiger partial charge in [0.15, 0.2) is 0 Å². The molecule has 0 spiro atoms. The van der Waals surface area contributed by atoms with E-state index < -0.39 is 0 Å². The van der Waals surface area contributed by atoms with Crippen molar-refractivity contribution in [2.45, 2.75) is 50.9 Å². The number of ether oxygens (including phenoxy) is 2. The van der Waals surface area contributed by atoms with Crippen LogP contribution in [0, 0.1) is 17.8 Å². The van der Waals surface area contributed by atoms with Crippen molar-refractivity contribution in [3.63, 3.8) is 0 Å². The lowest BCUT2D eigenvalue weighted by molar-refractivity contribution is -0.149. The van der Waals surface area contributed by atoms with Crippen molar-refractivity contribution in [2.24, 2.45) is 17.8 Å². The van der Waals surface area contributed by atoms with E-state index >= 15 is 0 Å². The molecule has 4 nitrogen and oxygen atoms in total. The minimum atomic E-state index is -0.338. The van der Waals surface area contributed by atoms with E-state index in [9.17, 15) is 4.79 Å². The number of aliphatic hydroxyl groups is 1. The van der Waals surface area contributed by atoms with Gasteiger partial charge in [0.2, 0.25) is 0 Å². The lowest BCUT2D eigenvalue weighted by atomic mass is 9.83. The molecule has 3 rings (SSSR count). The maximum absolute atomic E-state index is 11.9. The molecule has 6 unspecified atom stereocenters. The molecule has 3 fully saturated rings. The third kappa shape index (κ3) is 2.21. The Hall–Kier alpha value is -0.870. The van der Waals surface area contributed by atoms with E-state index in [0.717, 1.165) is 19.3 Å². The molecule has 4 heteroatoms. The number of carbonyl (C=O) groups is 1. The van der Waals surface area contributed by atoms with E-state index in [1.807, 2.05) is 0 Å². The summed E-state index contributed by atoms with van der Waals surface area (Å²) in [5, 5.41) is 8.82. The van der Waals surface area contributed by atoms with Crippen LogP contribution in [0.1, 0.15) is 32.6 Å². The first-order valence-corrected chi connectivity index (χ1v) is 7.25. The van der Waals surface area contributed by atoms with E-state index in [2.05, 4.69) is 13.5 Å². The van der Waals surface area contributed by atoms with Gasteiger partial charge in [-0.15, -0.1) is 0 Å². The Morgan fingerprint density at radius 2 is 2.16 bits per heavy atom. The molecule has 0 amide bonds. The molecule has 2 aliphatic carbocycles. The topological polar surface area (TPSA) is 55.8 Å². The molecule has 106 valence electrons. The van der Waals surface area contributed by atoms with Crippen molar-refractivity contribution in [2.75, 3.05) is 6.61 Å². The summed E-state index contributed by atoms with van der Waals surface area (Å²) in [6.45, 7) is 5.74. The minimum absolute atomic E-state index is 0.0306. The molecule has 2 bridgehead atoms. The van der Waals surface area contributed by atoms with E-state index in [1.54, 1.807) is 0 Å². The van der Waals surface area contributed by atoms with Gasteiger partial charge in [-0.1, -0.05) is 6.58 Å². The van der Waals surface area contributed by atoms with Gasteiger partial charge in [-0.25, -0.2) is 4.79 Å². The summed E-state index contributed by atoms with van der Waals surface area (Å²) >= 11 is 0. The molecule has 19 heavy (non-hydrogen) atoms. The van der Waals surface area contributed by atoms with E-state index in [-0.39, 0.29) is 18.7 Å². The van der Waals surface area contributed by atoms with Crippen LogP contribution in [0.2, 0.25) is 0 Å². The quantitative estimate of drug-likeness (QED) is 0.621. The summed E-state index contributed by atoms with van der Waals surface area (Å²) in [4.78, 5) is 11.9. The minimum Gasteiger partial charge on any atom is -0.459 e. The van der Waals surface area contributed by atoms with Crippen LogP contribution in [0.3, 0.4) is 0 Å². The van der Waals surface area contributed by atoms with Gasteiger partial charge >= 0.3 is 5.97 Å². The number of esters is 1. The molecule has 0 radical (unpaired) electrons. The van der Waals surface area contributed by atoms with Crippen molar-refractivity contribution in [3.05, 3.63) is 12.2 Å². The van der Waals surface area contributed by atoms with Crippen LogP contribution < -0.4 is 0 Å². The summed E-state index contributed by atoms with van der Waals surface area (Å²) in [7, 11) is 0. The monoisotopic (exact) mass is 266 g/mol. The Bertz CT molecular complexity index is 392. The normalized spacial score (nSPS) is 43.3. The van der Waals surface area contributed by atoms with Crippen molar-refractivity contribution in [3.8, 4) is 0 Å².